The number of aromatic nitrogens is 2. The zero-order valence-corrected chi connectivity index (χ0v) is 12.2. The Kier molecular flexibility index (Phi) is 4.47. The summed E-state index contributed by atoms with van der Waals surface area (Å²) in [6.07, 6.45) is 5.38. The van der Waals surface area contributed by atoms with Crippen molar-refractivity contribution in [1.29, 1.82) is 0 Å². The predicted octanol–water partition coefficient (Wildman–Crippen LogP) is 1.73. The Bertz CT molecular complexity index is 420. The Morgan fingerprint density at radius 3 is 3.00 bits per heavy atom. The van der Waals surface area contributed by atoms with E-state index in [2.05, 4.69) is 39.5 Å². The van der Waals surface area contributed by atoms with Gasteiger partial charge in [-0.05, 0) is 31.5 Å². The number of morpholine rings is 1. The minimum Gasteiger partial charge on any atom is -0.374 e. The lowest BCUT2D eigenvalue weighted by molar-refractivity contribution is -0.00905. The second-order valence-electron chi connectivity index (χ2n) is 5.62. The molecule has 2 aliphatic rings. The molecule has 2 heterocycles. The van der Waals surface area contributed by atoms with Crippen LogP contribution in [-0.4, -0.2) is 42.0 Å². The van der Waals surface area contributed by atoms with Crippen LogP contribution in [0, 0.1) is 0 Å². The van der Waals surface area contributed by atoms with Gasteiger partial charge in [-0.1, -0.05) is 19.8 Å². The Morgan fingerprint density at radius 2 is 2.20 bits per heavy atom. The minimum atomic E-state index is 0.390. The van der Waals surface area contributed by atoms with Gasteiger partial charge < -0.3 is 15.0 Å². The first-order chi connectivity index (χ1) is 9.88. The van der Waals surface area contributed by atoms with E-state index in [4.69, 9.17) is 4.74 Å². The first-order valence-electron chi connectivity index (χ1n) is 7.80. The van der Waals surface area contributed by atoms with Gasteiger partial charge in [0.1, 0.15) is 0 Å². The van der Waals surface area contributed by atoms with Gasteiger partial charge in [-0.3, -0.25) is 0 Å². The summed E-state index contributed by atoms with van der Waals surface area (Å²) in [7, 11) is 0. The van der Waals surface area contributed by atoms with Crippen LogP contribution in [-0.2, 0) is 11.3 Å². The highest BCUT2D eigenvalue weighted by Crippen LogP contribution is 2.30. The van der Waals surface area contributed by atoms with Gasteiger partial charge in [-0.2, -0.15) is 5.10 Å². The molecule has 1 saturated carbocycles. The molecule has 0 radical (unpaired) electrons. The predicted molar refractivity (Wildman–Crippen MR) is 78.8 cm³/mol. The van der Waals surface area contributed by atoms with Crippen molar-refractivity contribution < 1.29 is 4.74 Å². The number of nitrogens with zero attached hydrogens (tertiary/aromatic N) is 3. The van der Waals surface area contributed by atoms with Crippen molar-refractivity contribution in [3.05, 3.63) is 17.8 Å². The van der Waals surface area contributed by atoms with E-state index >= 15 is 0 Å². The topological polar surface area (TPSA) is 50.3 Å². The van der Waals surface area contributed by atoms with E-state index in [9.17, 15) is 0 Å². The third-order valence-electron chi connectivity index (χ3n) is 4.29. The van der Waals surface area contributed by atoms with Crippen LogP contribution < -0.4 is 10.2 Å². The lowest BCUT2D eigenvalue weighted by Crippen LogP contribution is -2.53. The van der Waals surface area contributed by atoms with Gasteiger partial charge in [0.2, 0.25) is 0 Å². The summed E-state index contributed by atoms with van der Waals surface area (Å²) in [6, 6.07) is 4.68. The van der Waals surface area contributed by atoms with Crippen LogP contribution in [0.15, 0.2) is 12.1 Å². The van der Waals surface area contributed by atoms with Crippen LogP contribution >= 0.6 is 0 Å². The zero-order chi connectivity index (χ0) is 13.8. The monoisotopic (exact) mass is 276 g/mol. The molecule has 2 atom stereocenters. The normalized spacial score (nSPS) is 26.4. The number of ether oxygens (including phenoxy) is 1. The van der Waals surface area contributed by atoms with Gasteiger partial charge in [0.25, 0.3) is 0 Å². The summed E-state index contributed by atoms with van der Waals surface area (Å²) in [5, 5.41) is 12.0. The maximum Gasteiger partial charge on any atom is 0.151 e. The number of rotatable bonds is 4. The molecular formula is C15H24N4O. The first kappa shape index (κ1) is 13.8. The Morgan fingerprint density at radius 1 is 1.30 bits per heavy atom. The molecule has 5 nitrogen and oxygen atoms in total. The van der Waals surface area contributed by atoms with Crippen LogP contribution in [0.1, 0.15) is 38.3 Å². The van der Waals surface area contributed by atoms with Gasteiger partial charge in [0, 0.05) is 13.1 Å². The van der Waals surface area contributed by atoms with E-state index in [1.807, 2.05) is 0 Å². The second-order valence-corrected chi connectivity index (χ2v) is 5.62. The van der Waals surface area contributed by atoms with Crippen LogP contribution in [0.25, 0.3) is 0 Å². The summed E-state index contributed by atoms with van der Waals surface area (Å²) in [5.74, 6) is 1.01. The fourth-order valence-electron chi connectivity index (χ4n) is 3.23. The molecule has 2 fully saturated rings. The van der Waals surface area contributed by atoms with Crippen molar-refractivity contribution in [2.75, 3.05) is 24.6 Å². The van der Waals surface area contributed by atoms with E-state index in [1.165, 1.54) is 25.7 Å². The van der Waals surface area contributed by atoms with Crippen LogP contribution in [0.4, 0.5) is 5.82 Å². The van der Waals surface area contributed by atoms with Crippen molar-refractivity contribution in [2.24, 2.45) is 0 Å². The van der Waals surface area contributed by atoms with E-state index in [0.717, 1.165) is 37.8 Å². The molecular weight excluding hydrogens is 252 g/mol. The van der Waals surface area contributed by atoms with Gasteiger partial charge in [-0.25, -0.2) is 0 Å². The summed E-state index contributed by atoms with van der Waals surface area (Å²) in [4.78, 5) is 2.40. The fourth-order valence-corrected chi connectivity index (χ4v) is 3.23. The molecule has 1 saturated heterocycles. The number of fused-ring (bicyclic) bond motifs is 1. The van der Waals surface area contributed by atoms with E-state index in [-0.39, 0.29) is 0 Å². The summed E-state index contributed by atoms with van der Waals surface area (Å²) >= 11 is 0. The highest BCUT2D eigenvalue weighted by atomic mass is 16.5. The standard InChI is InChI=1S/C15H24N4O/c1-2-16-11-12-7-8-15(18-17-12)19-9-10-20-14-6-4-3-5-13(14)19/h7-8,13-14,16H,2-6,9-11H2,1H3. The van der Waals surface area contributed by atoms with E-state index < -0.39 is 0 Å². The zero-order valence-electron chi connectivity index (χ0n) is 12.2. The van der Waals surface area contributed by atoms with Gasteiger partial charge >= 0.3 is 0 Å². The van der Waals surface area contributed by atoms with Gasteiger partial charge in [-0.15, -0.1) is 5.10 Å². The van der Waals surface area contributed by atoms with Crippen LogP contribution in [0.2, 0.25) is 0 Å². The molecule has 5 heteroatoms. The largest absolute Gasteiger partial charge is 0.374 e. The minimum absolute atomic E-state index is 0.390. The maximum atomic E-state index is 5.91. The molecule has 1 aromatic heterocycles. The van der Waals surface area contributed by atoms with Crippen molar-refractivity contribution in [2.45, 2.75) is 51.3 Å². The Labute approximate surface area is 120 Å². The Hall–Kier alpha value is -1.20. The second kappa shape index (κ2) is 6.50. The van der Waals surface area contributed by atoms with Crippen LogP contribution in [0.3, 0.4) is 0 Å². The van der Waals surface area contributed by atoms with Crippen molar-refractivity contribution >= 4 is 5.82 Å². The average molecular weight is 276 g/mol. The third kappa shape index (κ3) is 2.94. The highest BCUT2D eigenvalue weighted by Gasteiger charge is 2.34. The quantitative estimate of drug-likeness (QED) is 0.907. The molecule has 1 aliphatic heterocycles. The van der Waals surface area contributed by atoms with Crippen molar-refractivity contribution in [3.63, 3.8) is 0 Å². The molecule has 0 aromatic carbocycles. The summed E-state index contributed by atoms with van der Waals surface area (Å²) < 4.78 is 5.91. The third-order valence-corrected chi connectivity index (χ3v) is 4.29. The molecule has 110 valence electrons. The summed E-state index contributed by atoms with van der Waals surface area (Å²) in [5.41, 5.74) is 1.00. The number of hydrogen-bond donors (Lipinski definition) is 1. The first-order valence-corrected chi connectivity index (χ1v) is 7.80. The molecule has 3 rings (SSSR count). The van der Waals surface area contributed by atoms with Gasteiger partial charge in [0.15, 0.2) is 5.82 Å². The molecule has 0 amide bonds. The lowest BCUT2D eigenvalue weighted by atomic mass is 9.90. The molecule has 1 aliphatic carbocycles. The van der Waals surface area contributed by atoms with Crippen molar-refractivity contribution in [1.82, 2.24) is 15.5 Å². The van der Waals surface area contributed by atoms with E-state index in [0.29, 0.717) is 12.1 Å². The highest BCUT2D eigenvalue weighted by molar-refractivity contribution is 5.40. The molecule has 0 bridgehead atoms. The number of anilines is 1. The van der Waals surface area contributed by atoms with E-state index in [1.54, 1.807) is 0 Å². The summed E-state index contributed by atoms with van der Waals surface area (Å²) in [6.45, 7) is 5.58. The molecule has 1 N–H and O–H groups in total. The SMILES string of the molecule is CCNCc1ccc(N2CCOC3CCCCC32)nn1. The molecule has 0 spiro atoms. The molecule has 20 heavy (non-hydrogen) atoms. The molecule has 1 aromatic rings. The lowest BCUT2D eigenvalue weighted by Gasteiger charge is -2.44. The Balaban J connectivity index is 1.70. The maximum absolute atomic E-state index is 5.91. The smallest absolute Gasteiger partial charge is 0.151 e. The fraction of sp³-hybridized carbons (Fsp3) is 0.733. The average Bonchev–Trinajstić information content (AvgIpc) is 2.53. The van der Waals surface area contributed by atoms with Crippen LogP contribution in [0.5, 0.6) is 0 Å². The number of nitrogens with one attached hydrogen (secondary N) is 1. The van der Waals surface area contributed by atoms with Crippen molar-refractivity contribution in [3.8, 4) is 0 Å². The van der Waals surface area contributed by atoms with Gasteiger partial charge in [0.05, 0.1) is 24.4 Å². The molecule has 2 unspecified atom stereocenters. The number of hydrogen-bond acceptors (Lipinski definition) is 5.